The number of hydrogen-bond acceptors (Lipinski definition) is 3. The van der Waals surface area contributed by atoms with Gasteiger partial charge in [-0.3, -0.25) is 9.59 Å². The van der Waals surface area contributed by atoms with Gasteiger partial charge in [0.15, 0.2) is 0 Å². The molecular formula is C11H14BrN3O2. The van der Waals surface area contributed by atoms with Gasteiger partial charge in [0.25, 0.3) is 5.91 Å². The predicted molar refractivity (Wildman–Crippen MR) is 67.6 cm³/mol. The molecule has 92 valence electrons. The molecule has 0 spiro atoms. The molecule has 1 aromatic heterocycles. The van der Waals surface area contributed by atoms with Crippen molar-refractivity contribution in [3.8, 4) is 0 Å². The van der Waals surface area contributed by atoms with Crippen LogP contribution >= 0.6 is 15.9 Å². The van der Waals surface area contributed by atoms with Crippen molar-refractivity contribution in [1.82, 2.24) is 15.6 Å². The molecule has 0 atom stereocenters. The highest BCUT2D eigenvalue weighted by molar-refractivity contribution is 9.10. The summed E-state index contributed by atoms with van der Waals surface area (Å²) in [7, 11) is 0. The number of nitrogens with zero attached hydrogens (tertiary/aromatic N) is 1. The van der Waals surface area contributed by atoms with Crippen molar-refractivity contribution >= 4 is 27.7 Å². The normalized spacial score (nSPS) is 9.76. The quantitative estimate of drug-likeness (QED) is 0.800. The molecule has 0 fully saturated rings. The van der Waals surface area contributed by atoms with Crippen LogP contribution in [-0.2, 0) is 4.79 Å². The molecule has 1 rings (SSSR count). The second kappa shape index (κ2) is 7.01. The lowest BCUT2D eigenvalue weighted by Gasteiger charge is -2.05. The van der Waals surface area contributed by atoms with Crippen molar-refractivity contribution in [1.29, 1.82) is 0 Å². The Morgan fingerprint density at radius 3 is 2.76 bits per heavy atom. The van der Waals surface area contributed by atoms with Crippen LogP contribution in [0.5, 0.6) is 0 Å². The summed E-state index contributed by atoms with van der Waals surface area (Å²) in [5.74, 6) is -0.356. The highest BCUT2D eigenvalue weighted by Crippen LogP contribution is 2.05. The van der Waals surface area contributed by atoms with Crippen LogP contribution in [0.25, 0.3) is 0 Å². The van der Waals surface area contributed by atoms with Gasteiger partial charge in [-0.1, -0.05) is 6.07 Å². The molecule has 0 aliphatic rings. The van der Waals surface area contributed by atoms with Gasteiger partial charge in [0.05, 0.1) is 0 Å². The van der Waals surface area contributed by atoms with Crippen molar-refractivity contribution in [2.75, 3.05) is 13.1 Å². The van der Waals surface area contributed by atoms with Crippen LogP contribution < -0.4 is 10.6 Å². The lowest BCUT2D eigenvalue weighted by molar-refractivity contribution is -0.120. The third kappa shape index (κ3) is 4.95. The number of amides is 2. The van der Waals surface area contributed by atoms with E-state index >= 15 is 0 Å². The summed E-state index contributed by atoms with van der Waals surface area (Å²) in [5, 5.41) is 5.29. The Kier molecular flexibility index (Phi) is 5.62. The average Bonchev–Trinajstić information content (AvgIpc) is 2.29. The summed E-state index contributed by atoms with van der Waals surface area (Å²) in [6.07, 6.45) is 0.271. The van der Waals surface area contributed by atoms with E-state index in [1.807, 2.05) is 6.92 Å². The Morgan fingerprint density at radius 1 is 1.35 bits per heavy atom. The van der Waals surface area contributed by atoms with Gasteiger partial charge in [-0.25, -0.2) is 4.98 Å². The molecule has 0 saturated heterocycles. The smallest absolute Gasteiger partial charge is 0.269 e. The van der Waals surface area contributed by atoms with Gasteiger partial charge in [-0.05, 0) is 35.0 Å². The summed E-state index contributed by atoms with van der Waals surface area (Å²) in [6.45, 7) is 2.75. The molecule has 0 aliphatic heterocycles. The van der Waals surface area contributed by atoms with E-state index in [-0.39, 0.29) is 18.2 Å². The zero-order chi connectivity index (χ0) is 12.7. The second-order valence-electron chi connectivity index (χ2n) is 3.30. The first-order valence-electron chi connectivity index (χ1n) is 5.31. The highest BCUT2D eigenvalue weighted by Gasteiger charge is 2.07. The minimum atomic E-state index is -0.282. The molecule has 0 unspecified atom stereocenters. The Morgan fingerprint density at radius 2 is 2.12 bits per heavy atom. The van der Waals surface area contributed by atoms with Crippen LogP contribution in [0.3, 0.4) is 0 Å². The summed E-state index contributed by atoms with van der Waals surface area (Å²) in [4.78, 5) is 26.8. The van der Waals surface area contributed by atoms with Crippen molar-refractivity contribution in [2.24, 2.45) is 0 Å². The van der Waals surface area contributed by atoms with E-state index in [0.717, 1.165) is 0 Å². The van der Waals surface area contributed by atoms with Crippen LogP contribution in [0, 0.1) is 0 Å². The lowest BCUT2D eigenvalue weighted by Crippen LogP contribution is -2.30. The highest BCUT2D eigenvalue weighted by atomic mass is 79.9. The van der Waals surface area contributed by atoms with Crippen LogP contribution in [-0.4, -0.2) is 29.9 Å². The number of rotatable bonds is 5. The molecular weight excluding hydrogens is 286 g/mol. The van der Waals surface area contributed by atoms with Crippen molar-refractivity contribution in [3.05, 3.63) is 28.5 Å². The van der Waals surface area contributed by atoms with Gasteiger partial charge in [0, 0.05) is 19.5 Å². The summed E-state index contributed by atoms with van der Waals surface area (Å²) in [6, 6.07) is 5.09. The molecule has 0 aliphatic carbocycles. The molecule has 6 heteroatoms. The molecule has 0 saturated carbocycles. The number of carbonyl (C=O) groups excluding carboxylic acids is 2. The van der Waals surface area contributed by atoms with E-state index in [4.69, 9.17) is 0 Å². The fourth-order valence-electron chi connectivity index (χ4n) is 1.20. The van der Waals surface area contributed by atoms with E-state index in [0.29, 0.717) is 23.4 Å². The number of nitrogens with one attached hydrogen (secondary N) is 2. The molecule has 0 bridgehead atoms. The number of hydrogen-bond donors (Lipinski definition) is 2. The van der Waals surface area contributed by atoms with Gasteiger partial charge in [0.2, 0.25) is 5.91 Å². The zero-order valence-electron chi connectivity index (χ0n) is 9.50. The Balaban J connectivity index is 2.38. The molecule has 17 heavy (non-hydrogen) atoms. The Hall–Kier alpha value is -1.43. The molecule has 0 radical (unpaired) electrons. The summed E-state index contributed by atoms with van der Waals surface area (Å²) < 4.78 is 0.605. The lowest BCUT2D eigenvalue weighted by atomic mass is 10.3. The Labute approximate surface area is 108 Å². The fraction of sp³-hybridized carbons (Fsp3) is 0.364. The maximum atomic E-state index is 11.6. The first-order chi connectivity index (χ1) is 8.13. The monoisotopic (exact) mass is 299 g/mol. The topological polar surface area (TPSA) is 71.1 Å². The van der Waals surface area contributed by atoms with Crippen molar-refractivity contribution < 1.29 is 9.59 Å². The minimum Gasteiger partial charge on any atom is -0.356 e. The largest absolute Gasteiger partial charge is 0.356 e. The van der Waals surface area contributed by atoms with Gasteiger partial charge in [-0.2, -0.15) is 0 Å². The van der Waals surface area contributed by atoms with Crippen LogP contribution in [0.1, 0.15) is 23.8 Å². The van der Waals surface area contributed by atoms with Crippen LogP contribution in [0.2, 0.25) is 0 Å². The Bertz CT molecular complexity index is 409. The molecule has 0 aromatic carbocycles. The van der Waals surface area contributed by atoms with Crippen LogP contribution in [0.4, 0.5) is 0 Å². The van der Waals surface area contributed by atoms with E-state index in [1.54, 1.807) is 18.2 Å². The molecule has 1 heterocycles. The average molecular weight is 300 g/mol. The number of carbonyl (C=O) groups is 2. The first-order valence-corrected chi connectivity index (χ1v) is 6.10. The summed E-state index contributed by atoms with van der Waals surface area (Å²) >= 11 is 3.19. The standard InChI is InChI=1S/C11H14BrN3O2/c1-2-13-10(16)6-7-14-11(17)8-4-3-5-9(12)15-8/h3-5H,2,6-7H2,1H3,(H,13,16)(H,14,17). The van der Waals surface area contributed by atoms with Gasteiger partial charge >= 0.3 is 0 Å². The van der Waals surface area contributed by atoms with Gasteiger partial charge < -0.3 is 10.6 Å². The molecule has 1 aromatic rings. The predicted octanol–water partition coefficient (Wildman–Crippen LogP) is 1.10. The maximum Gasteiger partial charge on any atom is 0.269 e. The number of aromatic nitrogens is 1. The summed E-state index contributed by atoms with van der Waals surface area (Å²) in [5.41, 5.74) is 0.329. The zero-order valence-corrected chi connectivity index (χ0v) is 11.1. The first kappa shape index (κ1) is 13.6. The number of pyridine rings is 1. The van der Waals surface area contributed by atoms with Crippen molar-refractivity contribution in [3.63, 3.8) is 0 Å². The third-order valence-corrected chi connectivity index (χ3v) is 2.40. The van der Waals surface area contributed by atoms with E-state index < -0.39 is 0 Å². The molecule has 2 amide bonds. The van der Waals surface area contributed by atoms with Gasteiger partial charge in [-0.15, -0.1) is 0 Å². The SMILES string of the molecule is CCNC(=O)CCNC(=O)c1cccc(Br)n1. The third-order valence-electron chi connectivity index (χ3n) is 1.96. The van der Waals surface area contributed by atoms with E-state index in [2.05, 4.69) is 31.5 Å². The van der Waals surface area contributed by atoms with E-state index in [9.17, 15) is 9.59 Å². The number of halogens is 1. The van der Waals surface area contributed by atoms with Crippen LogP contribution in [0.15, 0.2) is 22.8 Å². The maximum absolute atomic E-state index is 11.6. The van der Waals surface area contributed by atoms with Gasteiger partial charge in [0.1, 0.15) is 10.3 Å². The fourth-order valence-corrected chi connectivity index (χ4v) is 1.54. The van der Waals surface area contributed by atoms with Crippen molar-refractivity contribution in [2.45, 2.75) is 13.3 Å². The second-order valence-corrected chi connectivity index (χ2v) is 4.12. The van der Waals surface area contributed by atoms with E-state index in [1.165, 1.54) is 0 Å². The minimum absolute atomic E-state index is 0.0741. The molecule has 2 N–H and O–H groups in total. The molecule has 5 nitrogen and oxygen atoms in total.